The van der Waals surface area contributed by atoms with Crippen LogP contribution in [0, 0.1) is 11.8 Å². The minimum Gasteiger partial charge on any atom is -0.384 e. The summed E-state index contributed by atoms with van der Waals surface area (Å²) in [5.74, 6) is 1.12. The van der Waals surface area contributed by atoms with Crippen molar-refractivity contribution in [3.05, 3.63) is 29.8 Å². The third-order valence-electron chi connectivity index (χ3n) is 5.00. The van der Waals surface area contributed by atoms with Gasteiger partial charge in [-0.3, -0.25) is 4.79 Å². The van der Waals surface area contributed by atoms with Crippen LogP contribution in [-0.2, 0) is 11.2 Å². The first-order chi connectivity index (χ1) is 10.2. The SMILES string of the molecule is CC1CCCC(NC(=O)C2CNc3ccccc3C2)CC1. The molecule has 1 saturated carbocycles. The van der Waals surface area contributed by atoms with E-state index in [0.717, 1.165) is 31.7 Å². The zero-order valence-corrected chi connectivity index (χ0v) is 12.9. The second kappa shape index (κ2) is 6.50. The summed E-state index contributed by atoms with van der Waals surface area (Å²) in [5, 5.41) is 6.69. The van der Waals surface area contributed by atoms with Gasteiger partial charge in [-0.25, -0.2) is 0 Å². The van der Waals surface area contributed by atoms with Crippen LogP contribution in [0.3, 0.4) is 0 Å². The molecule has 3 nitrogen and oxygen atoms in total. The zero-order valence-electron chi connectivity index (χ0n) is 12.9. The van der Waals surface area contributed by atoms with E-state index in [1.165, 1.54) is 30.5 Å². The number of nitrogens with one attached hydrogen (secondary N) is 2. The molecule has 3 atom stereocenters. The summed E-state index contributed by atoms with van der Waals surface area (Å²) in [6.45, 7) is 3.08. The van der Waals surface area contributed by atoms with Gasteiger partial charge in [0.1, 0.15) is 0 Å². The zero-order chi connectivity index (χ0) is 14.7. The van der Waals surface area contributed by atoms with Crippen LogP contribution >= 0.6 is 0 Å². The molecule has 3 rings (SSSR count). The van der Waals surface area contributed by atoms with Crippen molar-refractivity contribution in [3.63, 3.8) is 0 Å². The molecular formula is C18H26N2O. The minimum absolute atomic E-state index is 0.0700. The summed E-state index contributed by atoms with van der Waals surface area (Å²) >= 11 is 0. The molecule has 0 bridgehead atoms. The second-order valence-corrected chi connectivity index (χ2v) is 6.76. The fraction of sp³-hybridized carbons (Fsp3) is 0.611. The molecule has 1 aliphatic heterocycles. The van der Waals surface area contributed by atoms with Crippen molar-refractivity contribution >= 4 is 11.6 Å². The van der Waals surface area contributed by atoms with E-state index in [1.54, 1.807) is 0 Å². The predicted octanol–water partition coefficient (Wildman–Crippen LogP) is 3.36. The Balaban J connectivity index is 1.57. The lowest BCUT2D eigenvalue weighted by Crippen LogP contribution is -2.43. The fourth-order valence-corrected chi connectivity index (χ4v) is 3.58. The molecule has 3 heteroatoms. The number of amides is 1. The first-order valence-electron chi connectivity index (χ1n) is 8.34. The van der Waals surface area contributed by atoms with Crippen molar-refractivity contribution < 1.29 is 4.79 Å². The molecule has 0 spiro atoms. The monoisotopic (exact) mass is 286 g/mol. The van der Waals surface area contributed by atoms with E-state index in [4.69, 9.17) is 0 Å². The van der Waals surface area contributed by atoms with Gasteiger partial charge in [0, 0.05) is 18.3 Å². The maximum Gasteiger partial charge on any atom is 0.225 e. The number of rotatable bonds is 2. The summed E-state index contributed by atoms with van der Waals surface area (Å²) in [4.78, 5) is 12.5. The second-order valence-electron chi connectivity index (χ2n) is 6.76. The van der Waals surface area contributed by atoms with Gasteiger partial charge in [-0.2, -0.15) is 0 Å². The third kappa shape index (κ3) is 3.58. The maximum atomic E-state index is 12.5. The Kier molecular flexibility index (Phi) is 4.47. The fourth-order valence-electron chi connectivity index (χ4n) is 3.58. The molecule has 0 saturated heterocycles. The third-order valence-corrected chi connectivity index (χ3v) is 5.00. The van der Waals surface area contributed by atoms with Crippen molar-refractivity contribution in [1.29, 1.82) is 0 Å². The molecule has 1 aromatic rings. The van der Waals surface area contributed by atoms with Gasteiger partial charge in [0.05, 0.1) is 5.92 Å². The van der Waals surface area contributed by atoms with Gasteiger partial charge in [0.25, 0.3) is 0 Å². The van der Waals surface area contributed by atoms with E-state index in [1.807, 2.05) is 12.1 Å². The van der Waals surface area contributed by atoms with Gasteiger partial charge in [0.2, 0.25) is 5.91 Å². The average molecular weight is 286 g/mol. The largest absolute Gasteiger partial charge is 0.384 e. The van der Waals surface area contributed by atoms with Crippen LogP contribution in [0.25, 0.3) is 0 Å². The molecule has 1 fully saturated rings. The highest BCUT2D eigenvalue weighted by molar-refractivity contribution is 5.81. The molecule has 21 heavy (non-hydrogen) atoms. The number of anilines is 1. The Morgan fingerprint density at radius 3 is 2.95 bits per heavy atom. The van der Waals surface area contributed by atoms with E-state index in [-0.39, 0.29) is 11.8 Å². The highest BCUT2D eigenvalue weighted by atomic mass is 16.2. The Bertz CT molecular complexity index is 500. The van der Waals surface area contributed by atoms with Crippen molar-refractivity contribution in [2.24, 2.45) is 11.8 Å². The van der Waals surface area contributed by atoms with Crippen LogP contribution in [0.4, 0.5) is 5.69 Å². The minimum atomic E-state index is 0.0700. The predicted molar refractivity (Wildman–Crippen MR) is 86.3 cm³/mol. The maximum absolute atomic E-state index is 12.5. The van der Waals surface area contributed by atoms with Crippen LogP contribution in [0.15, 0.2) is 24.3 Å². The molecule has 114 valence electrons. The van der Waals surface area contributed by atoms with Gasteiger partial charge < -0.3 is 10.6 Å². The summed E-state index contributed by atoms with van der Waals surface area (Å²) in [6, 6.07) is 8.69. The van der Waals surface area contributed by atoms with E-state index in [2.05, 4.69) is 29.7 Å². The highest BCUT2D eigenvalue weighted by Crippen LogP contribution is 2.26. The molecule has 1 amide bonds. The van der Waals surface area contributed by atoms with Gasteiger partial charge in [0.15, 0.2) is 0 Å². The number of benzene rings is 1. The number of fused-ring (bicyclic) bond motifs is 1. The van der Waals surface area contributed by atoms with Gasteiger partial charge in [-0.05, 0) is 43.2 Å². The molecule has 0 aromatic heterocycles. The van der Waals surface area contributed by atoms with Crippen LogP contribution in [-0.4, -0.2) is 18.5 Å². The van der Waals surface area contributed by atoms with Crippen molar-refractivity contribution in [1.82, 2.24) is 5.32 Å². The molecule has 3 unspecified atom stereocenters. The molecule has 1 aliphatic carbocycles. The number of para-hydroxylation sites is 1. The quantitative estimate of drug-likeness (QED) is 0.819. The first kappa shape index (κ1) is 14.4. The lowest BCUT2D eigenvalue weighted by molar-refractivity contribution is -0.125. The van der Waals surface area contributed by atoms with Crippen molar-refractivity contribution in [2.75, 3.05) is 11.9 Å². The lowest BCUT2D eigenvalue weighted by atomic mass is 9.93. The molecule has 0 radical (unpaired) electrons. The normalized spacial score (nSPS) is 28.9. The van der Waals surface area contributed by atoms with E-state index in [9.17, 15) is 4.79 Å². The Morgan fingerprint density at radius 2 is 2.05 bits per heavy atom. The van der Waals surface area contributed by atoms with Crippen molar-refractivity contribution in [3.8, 4) is 0 Å². The Morgan fingerprint density at radius 1 is 1.19 bits per heavy atom. The standard InChI is InChI=1S/C18H26N2O/c1-13-5-4-7-16(10-9-13)20-18(21)15-11-14-6-2-3-8-17(14)19-12-15/h2-3,6,8,13,15-16,19H,4-5,7,9-12H2,1H3,(H,20,21). The van der Waals surface area contributed by atoms with Crippen LogP contribution in [0.5, 0.6) is 0 Å². The highest BCUT2D eigenvalue weighted by Gasteiger charge is 2.26. The molecule has 2 N–H and O–H groups in total. The summed E-state index contributed by atoms with van der Waals surface area (Å²) in [7, 11) is 0. The van der Waals surface area contributed by atoms with Gasteiger partial charge in [-0.15, -0.1) is 0 Å². The number of carbonyl (C=O) groups excluding carboxylic acids is 1. The first-order valence-corrected chi connectivity index (χ1v) is 8.34. The summed E-state index contributed by atoms with van der Waals surface area (Å²) in [5.41, 5.74) is 2.45. The summed E-state index contributed by atoms with van der Waals surface area (Å²) < 4.78 is 0. The lowest BCUT2D eigenvalue weighted by Gasteiger charge is -2.27. The number of carbonyl (C=O) groups is 1. The van der Waals surface area contributed by atoms with Crippen LogP contribution in [0.1, 0.15) is 44.6 Å². The van der Waals surface area contributed by atoms with E-state index < -0.39 is 0 Å². The Hall–Kier alpha value is -1.51. The van der Waals surface area contributed by atoms with Gasteiger partial charge in [-0.1, -0.05) is 38.0 Å². The smallest absolute Gasteiger partial charge is 0.225 e. The molecule has 1 heterocycles. The van der Waals surface area contributed by atoms with Crippen LogP contribution in [0.2, 0.25) is 0 Å². The Labute approximate surface area is 127 Å². The van der Waals surface area contributed by atoms with Crippen LogP contribution < -0.4 is 10.6 Å². The number of hydrogen-bond donors (Lipinski definition) is 2. The summed E-state index contributed by atoms with van der Waals surface area (Å²) in [6.07, 6.45) is 6.95. The van der Waals surface area contributed by atoms with E-state index >= 15 is 0 Å². The van der Waals surface area contributed by atoms with Gasteiger partial charge >= 0.3 is 0 Å². The molecular weight excluding hydrogens is 260 g/mol. The molecule has 1 aromatic carbocycles. The molecule has 2 aliphatic rings. The topological polar surface area (TPSA) is 41.1 Å². The van der Waals surface area contributed by atoms with E-state index in [0.29, 0.717) is 6.04 Å². The average Bonchev–Trinajstić information content (AvgIpc) is 2.71. The van der Waals surface area contributed by atoms with Crippen molar-refractivity contribution in [2.45, 2.75) is 51.5 Å². The number of hydrogen-bond acceptors (Lipinski definition) is 2.